The standard InChI is InChI=1S/C14H12O2.C12H23N3O3.C2H6/c15-10-12-6-8-14(9-7-12)16-11-13-4-2-1-3-5-13;1-12(2,3)18-11(17)15-7-5-14(6-8-15)10(16)9-13-4;1-2/h1-10H,11H2;13H,5-9H2,1-4H3;1-2H3. The number of likely N-dealkylation sites (N-methyl/N-ethyl adjacent to an activating group) is 1. The lowest BCUT2D eigenvalue weighted by Crippen LogP contribution is -2.52. The van der Waals surface area contributed by atoms with E-state index in [9.17, 15) is 14.4 Å². The van der Waals surface area contributed by atoms with E-state index in [0.717, 1.165) is 17.6 Å². The molecule has 0 aliphatic carbocycles. The lowest BCUT2D eigenvalue weighted by molar-refractivity contribution is -0.131. The van der Waals surface area contributed by atoms with Crippen molar-refractivity contribution < 1.29 is 23.9 Å². The molecule has 36 heavy (non-hydrogen) atoms. The molecule has 2 aromatic rings. The average Bonchev–Trinajstić information content (AvgIpc) is 2.89. The first kappa shape index (κ1) is 30.6. The molecule has 8 nitrogen and oxygen atoms in total. The van der Waals surface area contributed by atoms with Gasteiger partial charge in [-0.15, -0.1) is 0 Å². The van der Waals surface area contributed by atoms with Crippen LogP contribution in [0.3, 0.4) is 0 Å². The fraction of sp³-hybridized carbons (Fsp3) is 0.464. The minimum Gasteiger partial charge on any atom is -0.489 e. The molecule has 0 radical (unpaired) electrons. The molecular formula is C28H41N3O5. The van der Waals surface area contributed by atoms with E-state index in [4.69, 9.17) is 9.47 Å². The van der Waals surface area contributed by atoms with E-state index in [1.807, 2.05) is 65.0 Å². The molecule has 2 amide bonds. The highest BCUT2D eigenvalue weighted by molar-refractivity contribution is 5.78. The van der Waals surface area contributed by atoms with Gasteiger partial charge >= 0.3 is 6.09 Å². The second-order valence-electron chi connectivity index (χ2n) is 8.84. The van der Waals surface area contributed by atoms with Crippen LogP contribution in [0.4, 0.5) is 4.79 Å². The van der Waals surface area contributed by atoms with Crippen LogP contribution in [-0.4, -0.2) is 73.5 Å². The molecule has 0 saturated carbocycles. The van der Waals surface area contributed by atoms with Crippen LogP contribution in [0.25, 0.3) is 0 Å². The van der Waals surface area contributed by atoms with Crippen molar-refractivity contribution in [1.29, 1.82) is 0 Å². The summed E-state index contributed by atoms with van der Waals surface area (Å²) in [5.41, 5.74) is 1.31. The summed E-state index contributed by atoms with van der Waals surface area (Å²) < 4.78 is 10.9. The van der Waals surface area contributed by atoms with Crippen LogP contribution >= 0.6 is 0 Å². The molecule has 198 valence electrons. The van der Waals surface area contributed by atoms with Gasteiger partial charge in [0.05, 0.1) is 6.54 Å². The zero-order valence-electron chi connectivity index (χ0n) is 22.5. The number of rotatable bonds is 6. The second-order valence-corrected chi connectivity index (χ2v) is 8.84. The number of ether oxygens (including phenoxy) is 2. The van der Waals surface area contributed by atoms with Crippen molar-refractivity contribution in [3.8, 4) is 5.75 Å². The molecule has 2 aromatic carbocycles. The number of nitrogens with zero attached hydrogens (tertiary/aromatic N) is 2. The first-order valence-corrected chi connectivity index (χ1v) is 12.3. The first-order chi connectivity index (χ1) is 17.2. The number of carbonyl (C=O) groups is 3. The normalized spacial score (nSPS) is 12.8. The molecule has 0 spiro atoms. The third-order valence-corrected chi connectivity index (χ3v) is 4.88. The Bertz CT molecular complexity index is 903. The van der Waals surface area contributed by atoms with Gasteiger partial charge < -0.3 is 24.6 Å². The number of piperazine rings is 1. The predicted octanol–water partition coefficient (Wildman–Crippen LogP) is 4.39. The van der Waals surface area contributed by atoms with Gasteiger partial charge in [-0.3, -0.25) is 9.59 Å². The van der Waals surface area contributed by atoms with Gasteiger partial charge in [-0.05, 0) is 57.6 Å². The monoisotopic (exact) mass is 499 g/mol. The number of benzene rings is 2. The maximum absolute atomic E-state index is 11.8. The Morgan fingerprint density at radius 2 is 1.47 bits per heavy atom. The van der Waals surface area contributed by atoms with Crippen LogP contribution in [-0.2, 0) is 16.1 Å². The van der Waals surface area contributed by atoms with Gasteiger partial charge in [-0.25, -0.2) is 4.79 Å². The third-order valence-electron chi connectivity index (χ3n) is 4.88. The summed E-state index contributed by atoms with van der Waals surface area (Å²) in [5.74, 6) is 0.843. The van der Waals surface area contributed by atoms with Crippen LogP contribution in [0.5, 0.6) is 5.75 Å². The molecule has 8 heteroatoms. The quantitative estimate of drug-likeness (QED) is 0.593. The predicted molar refractivity (Wildman–Crippen MR) is 142 cm³/mol. The van der Waals surface area contributed by atoms with Crippen molar-refractivity contribution in [3.05, 3.63) is 65.7 Å². The Balaban J connectivity index is 0.000000338. The molecule has 1 fully saturated rings. The Morgan fingerprint density at radius 1 is 0.917 bits per heavy atom. The minimum atomic E-state index is -0.476. The van der Waals surface area contributed by atoms with E-state index in [2.05, 4.69) is 5.32 Å². The smallest absolute Gasteiger partial charge is 0.410 e. The summed E-state index contributed by atoms with van der Waals surface area (Å²) in [4.78, 5) is 37.3. The summed E-state index contributed by atoms with van der Waals surface area (Å²) in [6.07, 6.45) is 0.518. The highest BCUT2D eigenvalue weighted by Crippen LogP contribution is 2.13. The lowest BCUT2D eigenvalue weighted by Gasteiger charge is -2.35. The van der Waals surface area contributed by atoms with Gasteiger partial charge in [0.25, 0.3) is 0 Å². The van der Waals surface area contributed by atoms with Crippen molar-refractivity contribution in [3.63, 3.8) is 0 Å². The summed E-state index contributed by atoms with van der Waals surface area (Å²) in [6, 6.07) is 17.0. The van der Waals surface area contributed by atoms with Crippen LogP contribution in [0, 0.1) is 0 Å². The molecule has 1 aliphatic heterocycles. The van der Waals surface area contributed by atoms with Crippen LogP contribution in [0.2, 0.25) is 0 Å². The molecule has 0 unspecified atom stereocenters. The van der Waals surface area contributed by atoms with E-state index in [1.54, 1.807) is 41.1 Å². The van der Waals surface area contributed by atoms with Gasteiger partial charge in [-0.1, -0.05) is 44.2 Å². The number of hydrogen-bond donors (Lipinski definition) is 1. The third kappa shape index (κ3) is 11.8. The highest BCUT2D eigenvalue weighted by Gasteiger charge is 2.27. The van der Waals surface area contributed by atoms with Crippen LogP contribution in [0.15, 0.2) is 54.6 Å². The van der Waals surface area contributed by atoms with E-state index < -0.39 is 5.60 Å². The topological polar surface area (TPSA) is 88.2 Å². The zero-order valence-corrected chi connectivity index (χ0v) is 22.5. The van der Waals surface area contributed by atoms with Crippen molar-refractivity contribution >= 4 is 18.3 Å². The molecular weight excluding hydrogens is 458 g/mol. The molecule has 1 N–H and O–H groups in total. The molecule has 1 saturated heterocycles. The fourth-order valence-corrected chi connectivity index (χ4v) is 3.11. The summed E-state index contributed by atoms with van der Waals surface area (Å²) in [5, 5.41) is 2.83. The summed E-state index contributed by atoms with van der Waals surface area (Å²) in [6.45, 7) is 12.6. The molecule has 0 atom stereocenters. The number of carbonyl (C=O) groups excluding carboxylic acids is 3. The van der Waals surface area contributed by atoms with Gasteiger partial charge in [-0.2, -0.15) is 0 Å². The lowest BCUT2D eigenvalue weighted by atomic mass is 10.2. The van der Waals surface area contributed by atoms with E-state index in [1.165, 1.54) is 0 Å². The second kappa shape index (κ2) is 16.3. The van der Waals surface area contributed by atoms with Gasteiger partial charge in [0.15, 0.2) is 0 Å². The van der Waals surface area contributed by atoms with Crippen molar-refractivity contribution in [1.82, 2.24) is 15.1 Å². The van der Waals surface area contributed by atoms with E-state index >= 15 is 0 Å². The largest absolute Gasteiger partial charge is 0.489 e. The molecule has 1 heterocycles. The van der Waals surface area contributed by atoms with E-state index in [0.29, 0.717) is 44.9 Å². The van der Waals surface area contributed by atoms with Crippen molar-refractivity contribution in [2.45, 2.75) is 46.8 Å². The average molecular weight is 500 g/mol. The highest BCUT2D eigenvalue weighted by atomic mass is 16.6. The van der Waals surface area contributed by atoms with Crippen molar-refractivity contribution in [2.24, 2.45) is 0 Å². The maximum Gasteiger partial charge on any atom is 0.410 e. The molecule has 0 aromatic heterocycles. The number of aldehydes is 1. The van der Waals surface area contributed by atoms with Gasteiger partial charge in [0.1, 0.15) is 24.2 Å². The van der Waals surface area contributed by atoms with Gasteiger partial charge in [0, 0.05) is 31.7 Å². The Hall–Kier alpha value is -3.39. The number of nitrogens with one attached hydrogen (secondary N) is 1. The zero-order chi connectivity index (χ0) is 27.0. The fourth-order valence-electron chi connectivity index (χ4n) is 3.11. The summed E-state index contributed by atoms with van der Waals surface area (Å²) >= 11 is 0. The molecule has 1 aliphatic rings. The SMILES string of the molecule is CC.CNCC(=O)N1CCN(C(=O)OC(C)(C)C)CC1.O=Cc1ccc(OCc2ccccc2)cc1. The molecule has 0 bridgehead atoms. The Kier molecular flexibility index (Phi) is 13.9. The Labute approximate surface area is 215 Å². The maximum atomic E-state index is 11.8. The minimum absolute atomic E-state index is 0.0707. The first-order valence-electron chi connectivity index (χ1n) is 12.3. The van der Waals surface area contributed by atoms with Crippen molar-refractivity contribution in [2.75, 3.05) is 39.8 Å². The van der Waals surface area contributed by atoms with Crippen LogP contribution in [0.1, 0.15) is 50.5 Å². The molecule has 3 rings (SSSR count). The van der Waals surface area contributed by atoms with Gasteiger partial charge in [0.2, 0.25) is 5.91 Å². The number of amides is 2. The van der Waals surface area contributed by atoms with Crippen LogP contribution < -0.4 is 10.1 Å². The Morgan fingerprint density at radius 3 is 1.97 bits per heavy atom. The number of hydrogen-bond acceptors (Lipinski definition) is 6. The summed E-state index contributed by atoms with van der Waals surface area (Å²) in [7, 11) is 1.74. The van der Waals surface area contributed by atoms with E-state index in [-0.39, 0.29) is 12.0 Å².